The normalized spacial score (nSPS) is 9.61. The molecule has 0 aliphatic rings. The number of rotatable bonds is 4. The molecular weight excluding hydrogens is 249 g/mol. The fourth-order valence-corrected chi connectivity index (χ4v) is 1.06. The fourth-order valence-electron chi connectivity index (χ4n) is 1.06. The molecule has 1 rings (SSSR count). The Morgan fingerprint density at radius 3 is 2.67 bits per heavy atom. The van der Waals surface area contributed by atoms with Crippen LogP contribution < -0.4 is 10.6 Å². The van der Waals surface area contributed by atoms with Gasteiger partial charge in [0.1, 0.15) is 6.54 Å². The molecule has 0 bridgehead atoms. The molecule has 0 aromatic heterocycles. The molecule has 8 nitrogen and oxygen atoms in total. The van der Waals surface area contributed by atoms with E-state index in [0.717, 1.165) is 18.2 Å². The summed E-state index contributed by atoms with van der Waals surface area (Å²) < 4.78 is 13.0. The van der Waals surface area contributed by atoms with E-state index < -0.39 is 35.0 Å². The van der Waals surface area contributed by atoms with Crippen LogP contribution in [0.1, 0.15) is 0 Å². The molecule has 1 aromatic rings. The summed E-state index contributed by atoms with van der Waals surface area (Å²) >= 11 is 0. The number of amides is 2. The van der Waals surface area contributed by atoms with Crippen LogP contribution in [0.5, 0.6) is 0 Å². The highest BCUT2D eigenvalue weighted by Crippen LogP contribution is 2.21. The van der Waals surface area contributed by atoms with Crippen molar-refractivity contribution < 1.29 is 24.0 Å². The van der Waals surface area contributed by atoms with Crippen molar-refractivity contribution in [1.82, 2.24) is 5.32 Å². The van der Waals surface area contributed by atoms with E-state index in [4.69, 9.17) is 5.11 Å². The first-order valence-corrected chi connectivity index (χ1v) is 4.60. The summed E-state index contributed by atoms with van der Waals surface area (Å²) in [6.07, 6.45) is 0. The van der Waals surface area contributed by atoms with Gasteiger partial charge < -0.3 is 15.7 Å². The standard InChI is InChI=1S/C9H8FN3O5/c10-6-2-1-5(3-7(6)13(17)18)12-9(16)11-4-8(14)15/h1-3H,4H2,(H,14,15)(H2,11,12,16). The van der Waals surface area contributed by atoms with Crippen molar-refractivity contribution in [1.29, 1.82) is 0 Å². The predicted molar refractivity (Wildman–Crippen MR) is 57.7 cm³/mol. The SMILES string of the molecule is O=C(O)CNC(=O)Nc1ccc(F)c([N+](=O)[O-])c1. The van der Waals surface area contributed by atoms with Crippen LogP contribution in [0.3, 0.4) is 0 Å². The summed E-state index contributed by atoms with van der Waals surface area (Å²) in [5.74, 6) is -2.27. The first kappa shape index (κ1) is 13.4. The van der Waals surface area contributed by atoms with Crippen LogP contribution in [0.4, 0.5) is 20.6 Å². The summed E-state index contributed by atoms with van der Waals surface area (Å²) in [5.41, 5.74) is -0.808. The Hall–Kier alpha value is -2.71. The number of nitrogens with one attached hydrogen (secondary N) is 2. The molecule has 0 fully saturated rings. The summed E-state index contributed by atoms with van der Waals surface area (Å²) in [5, 5.41) is 22.9. The summed E-state index contributed by atoms with van der Waals surface area (Å²) in [4.78, 5) is 30.8. The number of aliphatic carboxylic acids is 1. The van der Waals surface area contributed by atoms with Gasteiger partial charge in [0.15, 0.2) is 0 Å². The second kappa shape index (κ2) is 5.57. The smallest absolute Gasteiger partial charge is 0.323 e. The zero-order valence-corrected chi connectivity index (χ0v) is 8.84. The number of nitrogens with zero attached hydrogens (tertiary/aromatic N) is 1. The second-order valence-electron chi connectivity index (χ2n) is 3.12. The van der Waals surface area contributed by atoms with Crippen LogP contribution in [0.15, 0.2) is 18.2 Å². The minimum atomic E-state index is -1.24. The monoisotopic (exact) mass is 257 g/mol. The predicted octanol–water partition coefficient (Wildman–Crippen LogP) is 0.940. The Morgan fingerprint density at radius 2 is 2.11 bits per heavy atom. The average molecular weight is 257 g/mol. The first-order chi connectivity index (χ1) is 8.40. The number of carbonyl (C=O) groups is 2. The maximum absolute atomic E-state index is 13.0. The molecule has 0 spiro atoms. The number of nitro benzene ring substituents is 1. The molecule has 1 aromatic carbocycles. The summed E-state index contributed by atoms with van der Waals surface area (Å²) in [6.45, 7) is -0.602. The third-order valence-electron chi connectivity index (χ3n) is 1.80. The topological polar surface area (TPSA) is 122 Å². The zero-order chi connectivity index (χ0) is 13.7. The van der Waals surface area contributed by atoms with Gasteiger partial charge >= 0.3 is 17.7 Å². The third kappa shape index (κ3) is 3.70. The fraction of sp³-hybridized carbons (Fsp3) is 0.111. The van der Waals surface area contributed by atoms with Gasteiger partial charge in [-0.15, -0.1) is 0 Å². The van der Waals surface area contributed by atoms with Gasteiger partial charge in [-0.3, -0.25) is 14.9 Å². The number of anilines is 1. The number of carbonyl (C=O) groups excluding carboxylic acids is 1. The molecular formula is C9H8FN3O5. The van der Waals surface area contributed by atoms with E-state index in [1.54, 1.807) is 0 Å². The van der Waals surface area contributed by atoms with Crippen LogP contribution in [-0.4, -0.2) is 28.6 Å². The van der Waals surface area contributed by atoms with Crippen LogP contribution in [0, 0.1) is 15.9 Å². The average Bonchev–Trinajstić information content (AvgIpc) is 2.28. The van der Waals surface area contributed by atoms with E-state index in [1.807, 2.05) is 5.32 Å². The van der Waals surface area contributed by atoms with Crippen molar-refractivity contribution in [2.24, 2.45) is 0 Å². The van der Waals surface area contributed by atoms with E-state index in [2.05, 4.69) is 5.32 Å². The van der Waals surface area contributed by atoms with Gasteiger partial charge in [-0.1, -0.05) is 0 Å². The van der Waals surface area contributed by atoms with Gasteiger partial charge in [0.25, 0.3) is 0 Å². The highest BCUT2D eigenvalue weighted by atomic mass is 19.1. The van der Waals surface area contributed by atoms with Crippen molar-refractivity contribution in [3.63, 3.8) is 0 Å². The lowest BCUT2D eigenvalue weighted by Gasteiger charge is -2.05. The maximum atomic E-state index is 13.0. The maximum Gasteiger partial charge on any atom is 0.323 e. The number of carboxylic acid groups (broad SMARTS) is 1. The Bertz CT molecular complexity index is 505. The molecule has 0 heterocycles. The van der Waals surface area contributed by atoms with Crippen molar-refractivity contribution >= 4 is 23.4 Å². The van der Waals surface area contributed by atoms with Crippen LogP contribution in [0.25, 0.3) is 0 Å². The largest absolute Gasteiger partial charge is 0.480 e. The molecule has 0 aliphatic carbocycles. The van der Waals surface area contributed by atoms with Gasteiger partial charge in [-0.2, -0.15) is 4.39 Å². The quantitative estimate of drug-likeness (QED) is 0.547. The summed E-state index contributed by atoms with van der Waals surface area (Å²) in [6, 6.07) is 1.90. The second-order valence-corrected chi connectivity index (χ2v) is 3.12. The van der Waals surface area contributed by atoms with Crippen LogP contribution in [-0.2, 0) is 4.79 Å². The van der Waals surface area contributed by atoms with E-state index in [0.29, 0.717) is 0 Å². The molecule has 2 amide bonds. The molecule has 0 radical (unpaired) electrons. The van der Waals surface area contributed by atoms with Crippen molar-refractivity contribution in [3.05, 3.63) is 34.1 Å². The highest BCUT2D eigenvalue weighted by Gasteiger charge is 2.15. The zero-order valence-electron chi connectivity index (χ0n) is 8.84. The van der Waals surface area contributed by atoms with E-state index >= 15 is 0 Å². The van der Waals surface area contributed by atoms with Crippen LogP contribution in [0.2, 0.25) is 0 Å². The minimum Gasteiger partial charge on any atom is -0.480 e. The van der Waals surface area contributed by atoms with Gasteiger partial charge in [0, 0.05) is 11.8 Å². The van der Waals surface area contributed by atoms with Crippen molar-refractivity contribution in [3.8, 4) is 0 Å². The molecule has 0 aliphatic heterocycles. The molecule has 0 unspecified atom stereocenters. The lowest BCUT2D eigenvalue weighted by molar-refractivity contribution is -0.387. The number of halogens is 1. The molecule has 18 heavy (non-hydrogen) atoms. The molecule has 9 heteroatoms. The van der Waals surface area contributed by atoms with Gasteiger partial charge in [-0.25, -0.2) is 4.79 Å². The molecule has 0 saturated carbocycles. The number of carboxylic acids is 1. The highest BCUT2D eigenvalue weighted by molar-refractivity contribution is 5.91. The Kier molecular flexibility index (Phi) is 4.13. The molecule has 96 valence electrons. The lowest BCUT2D eigenvalue weighted by atomic mass is 10.2. The van der Waals surface area contributed by atoms with Gasteiger partial charge in [0.2, 0.25) is 5.82 Å². The summed E-state index contributed by atoms with van der Waals surface area (Å²) in [7, 11) is 0. The Balaban J connectivity index is 2.73. The Morgan fingerprint density at radius 1 is 1.44 bits per heavy atom. The number of benzene rings is 1. The number of hydrogen-bond donors (Lipinski definition) is 3. The van der Waals surface area contributed by atoms with E-state index in [-0.39, 0.29) is 5.69 Å². The molecule has 0 atom stereocenters. The van der Waals surface area contributed by atoms with Gasteiger partial charge in [-0.05, 0) is 12.1 Å². The van der Waals surface area contributed by atoms with Crippen molar-refractivity contribution in [2.75, 3.05) is 11.9 Å². The minimum absolute atomic E-state index is 0.0222. The molecule has 3 N–H and O–H groups in total. The number of nitro groups is 1. The molecule has 0 saturated heterocycles. The third-order valence-corrected chi connectivity index (χ3v) is 1.80. The number of urea groups is 1. The van der Waals surface area contributed by atoms with E-state index in [9.17, 15) is 24.1 Å². The van der Waals surface area contributed by atoms with Crippen LogP contribution >= 0.6 is 0 Å². The van der Waals surface area contributed by atoms with E-state index in [1.165, 1.54) is 0 Å². The lowest BCUT2D eigenvalue weighted by Crippen LogP contribution is -2.33. The number of hydrogen-bond acceptors (Lipinski definition) is 4. The Labute approximate surface area is 99.6 Å². The van der Waals surface area contributed by atoms with Gasteiger partial charge in [0.05, 0.1) is 4.92 Å². The first-order valence-electron chi connectivity index (χ1n) is 4.60. The van der Waals surface area contributed by atoms with Crippen molar-refractivity contribution in [2.45, 2.75) is 0 Å².